The average molecular weight is 355 g/mol. The van der Waals surface area contributed by atoms with Gasteiger partial charge < -0.3 is 15.3 Å². The van der Waals surface area contributed by atoms with Gasteiger partial charge in [0.05, 0.1) is 17.9 Å². The van der Waals surface area contributed by atoms with E-state index in [1.165, 1.54) is 18.2 Å². The Morgan fingerprint density at radius 1 is 1.31 bits per heavy atom. The van der Waals surface area contributed by atoms with Crippen LogP contribution < -0.4 is 10.2 Å². The normalized spacial score (nSPS) is 24.9. The predicted octanol–water partition coefficient (Wildman–Crippen LogP) is 3.86. The largest absolute Gasteiger partial charge is 0.493 e. The van der Waals surface area contributed by atoms with E-state index in [1.54, 1.807) is 25.3 Å². The van der Waals surface area contributed by atoms with E-state index in [4.69, 9.17) is 0 Å². The molecule has 2 aliphatic rings. The standard InChI is InChI=1S/C20H22FN3O2/c1-11-19(23-15-6-8-18(26)22-10-15)16-9-14(21)5-7-17(16)24(12(2)25)20(11)13-3-4-13/h5-11,13,19-20,23H,3-4H2,1-2H3,(H,22,26)/t11-,19-,20-/m1/s1. The number of carbonyl (C=O) groups excluding carboxylic acids is 1. The van der Waals surface area contributed by atoms with Crippen LogP contribution in [-0.2, 0) is 4.79 Å². The zero-order valence-corrected chi connectivity index (χ0v) is 14.8. The summed E-state index contributed by atoms with van der Waals surface area (Å²) >= 11 is 0. The molecule has 1 aliphatic carbocycles. The maximum atomic E-state index is 14.0. The monoisotopic (exact) mass is 355 g/mol. The van der Waals surface area contributed by atoms with Gasteiger partial charge in [-0.05, 0) is 43.0 Å². The summed E-state index contributed by atoms with van der Waals surface area (Å²) in [5.74, 6) is 0.215. The molecule has 4 rings (SSSR count). The lowest BCUT2D eigenvalue weighted by molar-refractivity contribution is -0.117. The average Bonchev–Trinajstić information content (AvgIpc) is 3.43. The van der Waals surface area contributed by atoms with Crippen LogP contribution in [0.5, 0.6) is 5.88 Å². The molecule has 0 bridgehead atoms. The molecule has 136 valence electrons. The number of aromatic hydroxyl groups is 1. The van der Waals surface area contributed by atoms with E-state index in [9.17, 15) is 14.3 Å². The van der Waals surface area contributed by atoms with Crippen molar-refractivity contribution in [3.8, 4) is 5.88 Å². The molecule has 0 saturated heterocycles. The van der Waals surface area contributed by atoms with Crippen molar-refractivity contribution < 1.29 is 14.3 Å². The van der Waals surface area contributed by atoms with Gasteiger partial charge in [-0.15, -0.1) is 0 Å². The van der Waals surface area contributed by atoms with Crippen LogP contribution in [0.25, 0.3) is 0 Å². The Labute approximate surface area is 151 Å². The molecule has 1 aliphatic heterocycles. The molecule has 6 heteroatoms. The number of halogens is 1. The second kappa shape index (κ2) is 6.27. The lowest BCUT2D eigenvalue weighted by Gasteiger charge is -2.46. The minimum atomic E-state index is -0.319. The smallest absolute Gasteiger partial charge is 0.224 e. The zero-order valence-electron chi connectivity index (χ0n) is 14.8. The number of carbonyl (C=O) groups is 1. The van der Waals surface area contributed by atoms with Crippen LogP contribution in [0.1, 0.15) is 38.3 Å². The molecule has 2 aromatic rings. The highest BCUT2D eigenvalue weighted by Gasteiger charge is 2.47. The fraction of sp³-hybridized carbons (Fsp3) is 0.400. The molecule has 1 fully saturated rings. The summed E-state index contributed by atoms with van der Waals surface area (Å²) in [6.07, 6.45) is 3.79. The Hall–Kier alpha value is -2.63. The maximum absolute atomic E-state index is 14.0. The predicted molar refractivity (Wildman–Crippen MR) is 97.5 cm³/mol. The SMILES string of the molecule is CC(=O)N1c2ccc(F)cc2[C@H](Nc2ccc(O)nc2)[C@@H](C)[C@@H]1C1CC1. The fourth-order valence-electron chi connectivity index (χ4n) is 4.19. The molecule has 1 aromatic heterocycles. The molecule has 3 atom stereocenters. The van der Waals surface area contributed by atoms with Crippen molar-refractivity contribution in [2.45, 2.75) is 38.8 Å². The first-order valence-electron chi connectivity index (χ1n) is 8.96. The summed E-state index contributed by atoms with van der Waals surface area (Å²) in [7, 11) is 0. The quantitative estimate of drug-likeness (QED) is 0.877. The van der Waals surface area contributed by atoms with E-state index in [-0.39, 0.29) is 35.6 Å². The van der Waals surface area contributed by atoms with Gasteiger partial charge >= 0.3 is 0 Å². The number of nitrogens with zero attached hydrogens (tertiary/aromatic N) is 2. The number of benzene rings is 1. The summed E-state index contributed by atoms with van der Waals surface area (Å²) in [5.41, 5.74) is 2.30. The summed E-state index contributed by atoms with van der Waals surface area (Å²) in [6.45, 7) is 3.69. The van der Waals surface area contributed by atoms with Gasteiger partial charge in [-0.25, -0.2) is 9.37 Å². The lowest BCUT2D eigenvalue weighted by atomic mass is 9.80. The third-order valence-corrected chi connectivity index (χ3v) is 5.46. The zero-order chi connectivity index (χ0) is 18.4. The van der Waals surface area contributed by atoms with Crippen molar-refractivity contribution in [1.29, 1.82) is 0 Å². The van der Waals surface area contributed by atoms with E-state index in [0.717, 1.165) is 29.8 Å². The van der Waals surface area contributed by atoms with E-state index < -0.39 is 0 Å². The third-order valence-electron chi connectivity index (χ3n) is 5.46. The number of hydrogen-bond acceptors (Lipinski definition) is 4. The minimum Gasteiger partial charge on any atom is -0.493 e. The Balaban J connectivity index is 1.79. The van der Waals surface area contributed by atoms with Crippen LogP contribution in [-0.4, -0.2) is 22.0 Å². The lowest BCUT2D eigenvalue weighted by Crippen LogP contribution is -2.51. The summed E-state index contributed by atoms with van der Waals surface area (Å²) < 4.78 is 14.0. The summed E-state index contributed by atoms with van der Waals surface area (Å²) in [6, 6.07) is 7.84. The van der Waals surface area contributed by atoms with Gasteiger partial charge in [-0.1, -0.05) is 6.92 Å². The number of rotatable bonds is 3. The first-order chi connectivity index (χ1) is 12.5. The van der Waals surface area contributed by atoms with Crippen molar-refractivity contribution >= 4 is 17.3 Å². The fourth-order valence-corrected chi connectivity index (χ4v) is 4.19. The molecule has 1 aromatic carbocycles. The Morgan fingerprint density at radius 2 is 2.08 bits per heavy atom. The molecule has 0 unspecified atom stereocenters. The summed E-state index contributed by atoms with van der Waals surface area (Å²) in [4.78, 5) is 18.2. The van der Waals surface area contributed by atoms with E-state index in [2.05, 4.69) is 17.2 Å². The third kappa shape index (κ3) is 2.89. The van der Waals surface area contributed by atoms with Crippen LogP contribution in [0.3, 0.4) is 0 Å². The van der Waals surface area contributed by atoms with Gasteiger partial charge in [0, 0.05) is 36.2 Å². The number of aromatic nitrogens is 1. The molecule has 2 N–H and O–H groups in total. The second-order valence-corrected chi connectivity index (χ2v) is 7.31. The van der Waals surface area contributed by atoms with Gasteiger partial charge in [0.2, 0.25) is 11.8 Å². The van der Waals surface area contributed by atoms with Gasteiger partial charge in [0.15, 0.2) is 0 Å². The van der Waals surface area contributed by atoms with E-state index in [1.807, 2.05) is 4.90 Å². The highest BCUT2D eigenvalue weighted by Crippen LogP contribution is 2.50. The molecule has 0 radical (unpaired) electrons. The molecule has 1 amide bonds. The van der Waals surface area contributed by atoms with Gasteiger partial charge in [0.25, 0.3) is 0 Å². The Morgan fingerprint density at radius 3 is 2.69 bits per heavy atom. The molecular formula is C20H22FN3O2. The summed E-state index contributed by atoms with van der Waals surface area (Å²) in [5, 5.41) is 12.8. The molecule has 0 spiro atoms. The molecule has 1 saturated carbocycles. The minimum absolute atomic E-state index is 0.00800. The van der Waals surface area contributed by atoms with Crippen LogP contribution in [0, 0.1) is 17.7 Å². The molecular weight excluding hydrogens is 333 g/mol. The van der Waals surface area contributed by atoms with Crippen molar-refractivity contribution in [3.05, 3.63) is 47.9 Å². The molecule has 26 heavy (non-hydrogen) atoms. The second-order valence-electron chi connectivity index (χ2n) is 7.31. The van der Waals surface area contributed by atoms with E-state index in [0.29, 0.717) is 5.92 Å². The number of fused-ring (bicyclic) bond motifs is 1. The molecule has 2 heterocycles. The number of nitrogens with one attached hydrogen (secondary N) is 1. The number of anilines is 2. The van der Waals surface area contributed by atoms with Gasteiger partial charge in [0.1, 0.15) is 5.82 Å². The Bertz CT molecular complexity index is 835. The van der Waals surface area contributed by atoms with Crippen LogP contribution in [0.15, 0.2) is 36.5 Å². The highest BCUT2D eigenvalue weighted by molar-refractivity contribution is 5.94. The first-order valence-corrected chi connectivity index (χ1v) is 8.96. The number of pyridine rings is 1. The topological polar surface area (TPSA) is 65.5 Å². The number of amides is 1. The number of hydrogen-bond donors (Lipinski definition) is 2. The van der Waals surface area contributed by atoms with E-state index >= 15 is 0 Å². The maximum Gasteiger partial charge on any atom is 0.224 e. The van der Waals surface area contributed by atoms with Crippen molar-refractivity contribution in [2.24, 2.45) is 11.8 Å². The van der Waals surface area contributed by atoms with Crippen molar-refractivity contribution in [2.75, 3.05) is 10.2 Å². The van der Waals surface area contributed by atoms with Crippen molar-refractivity contribution in [3.63, 3.8) is 0 Å². The van der Waals surface area contributed by atoms with Crippen LogP contribution in [0.2, 0.25) is 0 Å². The first kappa shape index (κ1) is 16.8. The highest BCUT2D eigenvalue weighted by atomic mass is 19.1. The van der Waals surface area contributed by atoms with Crippen molar-refractivity contribution in [1.82, 2.24) is 4.98 Å². The van der Waals surface area contributed by atoms with Gasteiger partial charge in [-0.2, -0.15) is 0 Å². The van der Waals surface area contributed by atoms with Crippen LogP contribution in [0.4, 0.5) is 15.8 Å². The van der Waals surface area contributed by atoms with Gasteiger partial charge in [-0.3, -0.25) is 4.79 Å². The molecule has 5 nitrogen and oxygen atoms in total. The Kier molecular flexibility index (Phi) is 4.05. The van der Waals surface area contributed by atoms with Crippen LogP contribution >= 0.6 is 0 Å².